The van der Waals surface area contributed by atoms with Gasteiger partial charge in [-0.1, -0.05) is 61.5 Å². The number of nitrogens with zero attached hydrogens (tertiary/aromatic N) is 2. The number of hydrogen-bond donors (Lipinski definition) is 2. The lowest BCUT2D eigenvalue weighted by molar-refractivity contribution is -0.156. The minimum atomic E-state index is -3.43. The van der Waals surface area contributed by atoms with Crippen LogP contribution in [0.25, 0.3) is 11.1 Å². The van der Waals surface area contributed by atoms with Gasteiger partial charge in [0.15, 0.2) is 10.7 Å². The second-order valence-corrected chi connectivity index (χ2v) is 13.1. The second kappa shape index (κ2) is 14.5. The van der Waals surface area contributed by atoms with E-state index in [1.807, 2.05) is 6.07 Å². The van der Waals surface area contributed by atoms with Crippen LogP contribution in [0.4, 0.5) is 13.6 Å². The van der Waals surface area contributed by atoms with Gasteiger partial charge in [-0.3, -0.25) is 5.32 Å². The number of aromatic nitrogens is 2. The van der Waals surface area contributed by atoms with E-state index in [0.717, 1.165) is 11.8 Å². The van der Waals surface area contributed by atoms with E-state index in [1.165, 1.54) is 12.4 Å². The molecule has 0 spiro atoms. The summed E-state index contributed by atoms with van der Waals surface area (Å²) in [5, 5.41) is 8.71. The summed E-state index contributed by atoms with van der Waals surface area (Å²) in [4.78, 5) is 26.3. The van der Waals surface area contributed by atoms with Gasteiger partial charge in [0.05, 0.1) is 18.1 Å². The molecule has 10 nitrogen and oxygen atoms in total. The molecular weight excluding hydrogens is 602 g/mol. The molecule has 0 aliphatic carbocycles. The van der Waals surface area contributed by atoms with Gasteiger partial charge in [-0.2, -0.15) is 13.9 Å². The zero-order valence-corrected chi connectivity index (χ0v) is 25.8. The Bertz CT molecular complexity index is 1520. The molecule has 43 heavy (non-hydrogen) atoms. The van der Waals surface area contributed by atoms with E-state index in [4.69, 9.17) is 21.7 Å². The van der Waals surface area contributed by atoms with Crippen LogP contribution >= 0.6 is 12.2 Å². The first-order chi connectivity index (χ1) is 20.2. The summed E-state index contributed by atoms with van der Waals surface area (Å²) >= 11 is 5.40. The number of thiocarbonyl (C=S) groups is 1. The fourth-order valence-electron chi connectivity index (χ4n) is 4.52. The summed E-state index contributed by atoms with van der Waals surface area (Å²) in [7, 11) is -3.43. The summed E-state index contributed by atoms with van der Waals surface area (Å²) < 4.78 is 61.7. The molecule has 0 saturated heterocycles. The highest BCUT2D eigenvalue weighted by Crippen LogP contribution is 2.33. The van der Waals surface area contributed by atoms with Crippen molar-refractivity contribution in [2.75, 3.05) is 12.0 Å². The molecular formula is C29H34F2N4O6S2. The Morgan fingerprint density at radius 2 is 1.70 bits per heavy atom. The van der Waals surface area contributed by atoms with Crippen molar-refractivity contribution in [2.24, 2.45) is 5.92 Å². The Hall–Kier alpha value is -3.91. The topological polar surface area (TPSA) is 129 Å². The zero-order chi connectivity index (χ0) is 31.8. The number of amides is 1. The second-order valence-electron chi connectivity index (χ2n) is 10.5. The van der Waals surface area contributed by atoms with Gasteiger partial charge in [0, 0.05) is 18.0 Å². The van der Waals surface area contributed by atoms with Crippen LogP contribution in [-0.4, -0.2) is 53.5 Å². The lowest BCUT2D eigenvalue weighted by Crippen LogP contribution is -2.57. The van der Waals surface area contributed by atoms with Crippen LogP contribution in [0.15, 0.2) is 67.0 Å². The third-order valence-electron chi connectivity index (χ3n) is 6.20. The number of carbonyl (C=O) groups is 2. The molecule has 2 aromatic carbocycles. The summed E-state index contributed by atoms with van der Waals surface area (Å²) in [6, 6.07) is 15.3. The van der Waals surface area contributed by atoms with E-state index in [9.17, 15) is 26.8 Å². The van der Waals surface area contributed by atoms with E-state index in [-0.39, 0.29) is 23.9 Å². The molecule has 1 unspecified atom stereocenters. The van der Waals surface area contributed by atoms with Gasteiger partial charge >= 0.3 is 18.6 Å². The summed E-state index contributed by atoms with van der Waals surface area (Å²) in [6.45, 7) is 2.15. The van der Waals surface area contributed by atoms with E-state index in [1.54, 1.807) is 69.3 Å². The van der Waals surface area contributed by atoms with Crippen LogP contribution in [0, 0.1) is 5.92 Å². The van der Waals surface area contributed by atoms with E-state index in [0.29, 0.717) is 21.4 Å². The summed E-state index contributed by atoms with van der Waals surface area (Å²) in [5.74, 6) is -1.57. The average molecular weight is 637 g/mol. The molecule has 232 valence electrons. The number of ether oxygens (including phenoxy) is 2. The van der Waals surface area contributed by atoms with Gasteiger partial charge in [0.25, 0.3) is 0 Å². The van der Waals surface area contributed by atoms with Crippen molar-refractivity contribution in [3.63, 3.8) is 0 Å². The predicted octanol–water partition coefficient (Wildman–Crippen LogP) is 4.96. The maximum absolute atomic E-state index is 13.8. The van der Waals surface area contributed by atoms with Gasteiger partial charge in [-0.25, -0.2) is 22.7 Å². The Morgan fingerprint density at radius 3 is 2.26 bits per heavy atom. The van der Waals surface area contributed by atoms with Crippen molar-refractivity contribution in [1.82, 2.24) is 20.4 Å². The highest BCUT2D eigenvalue weighted by atomic mass is 32.2. The number of halogens is 2. The number of esters is 1. The largest absolute Gasteiger partial charge is 0.461 e. The van der Waals surface area contributed by atoms with Crippen LogP contribution in [0.1, 0.15) is 44.9 Å². The number of hydrogen-bond acceptors (Lipinski definition) is 8. The highest BCUT2D eigenvalue weighted by molar-refractivity contribution is 7.90. The molecule has 0 aliphatic heterocycles. The maximum Gasteiger partial charge on any atom is 0.413 e. The minimum absolute atomic E-state index is 0.0230. The van der Waals surface area contributed by atoms with Crippen molar-refractivity contribution in [2.45, 2.75) is 52.0 Å². The zero-order valence-electron chi connectivity index (χ0n) is 24.1. The van der Waals surface area contributed by atoms with Crippen LogP contribution in [0.5, 0.6) is 0 Å². The summed E-state index contributed by atoms with van der Waals surface area (Å²) in [6.07, 6.45) is 2.06. The van der Waals surface area contributed by atoms with E-state index >= 15 is 0 Å². The molecule has 1 amide bonds. The van der Waals surface area contributed by atoms with E-state index in [2.05, 4.69) is 15.7 Å². The van der Waals surface area contributed by atoms with Gasteiger partial charge in [-0.05, 0) is 55.1 Å². The molecule has 3 aromatic rings. The average Bonchev–Trinajstić information content (AvgIpc) is 3.42. The van der Waals surface area contributed by atoms with Gasteiger partial charge in [-0.15, -0.1) is 0 Å². The third kappa shape index (κ3) is 9.82. The van der Waals surface area contributed by atoms with Crippen LogP contribution in [0.2, 0.25) is 0 Å². The molecule has 3 rings (SSSR count). The SMILES string of the molecule is CC(C[C@](NC(=S)NC(=O)OCc1ccccc1)(C(=O)OC(C)C)c1ccc(-c2cnn(C(F)F)c2)cc1)CS(C)(=O)=O. The van der Waals surface area contributed by atoms with Gasteiger partial charge < -0.3 is 14.8 Å². The highest BCUT2D eigenvalue weighted by Gasteiger charge is 2.45. The number of alkyl carbamates (subject to hydrolysis) is 1. The Morgan fingerprint density at radius 1 is 1.05 bits per heavy atom. The van der Waals surface area contributed by atoms with Crippen LogP contribution in [-0.2, 0) is 36.3 Å². The first-order valence-corrected chi connectivity index (χ1v) is 15.8. The number of alkyl halides is 2. The molecule has 0 bridgehead atoms. The molecule has 1 heterocycles. The van der Waals surface area contributed by atoms with Crippen LogP contribution in [0.3, 0.4) is 0 Å². The number of sulfone groups is 1. The smallest absolute Gasteiger partial charge is 0.413 e. The van der Waals surface area contributed by atoms with Crippen molar-refractivity contribution >= 4 is 39.2 Å². The molecule has 1 aromatic heterocycles. The third-order valence-corrected chi connectivity index (χ3v) is 7.58. The Kier molecular flexibility index (Phi) is 11.3. The normalized spacial score (nSPS) is 13.7. The lowest BCUT2D eigenvalue weighted by Gasteiger charge is -2.36. The van der Waals surface area contributed by atoms with Crippen molar-refractivity contribution < 1.29 is 36.3 Å². The first-order valence-electron chi connectivity index (χ1n) is 13.3. The molecule has 0 fully saturated rings. The predicted molar refractivity (Wildman–Crippen MR) is 161 cm³/mol. The molecule has 14 heteroatoms. The van der Waals surface area contributed by atoms with Crippen molar-refractivity contribution in [3.05, 3.63) is 78.1 Å². The fraction of sp³-hybridized carbons (Fsp3) is 0.379. The first kappa shape index (κ1) is 33.6. The fourth-order valence-corrected chi connectivity index (χ4v) is 5.93. The molecule has 2 atom stereocenters. The number of rotatable bonds is 12. The van der Waals surface area contributed by atoms with Crippen molar-refractivity contribution in [1.29, 1.82) is 0 Å². The van der Waals surface area contributed by atoms with Crippen molar-refractivity contribution in [3.8, 4) is 11.1 Å². The van der Waals surface area contributed by atoms with E-state index < -0.39 is 46.0 Å². The standard InChI is InChI=1S/C29H34F2N4O6S2/c1-19(2)41-25(36)29(14-20(3)18-43(4,38)39,34-27(42)33-28(37)40-17-21-8-6-5-7-9-21)24-12-10-22(11-13-24)23-15-32-35(16-23)26(30)31/h5-13,15-16,19-20,26H,14,17-18H2,1-4H3,(H2,33,34,37,42)/t20?,29-/m1/s1. The maximum atomic E-state index is 13.8. The Balaban J connectivity index is 1.96. The van der Waals surface area contributed by atoms with Gasteiger partial charge in [0.1, 0.15) is 16.4 Å². The number of nitrogens with one attached hydrogen (secondary N) is 2. The lowest BCUT2D eigenvalue weighted by atomic mass is 9.81. The monoisotopic (exact) mass is 636 g/mol. The van der Waals surface area contributed by atoms with Gasteiger partial charge in [0.2, 0.25) is 0 Å². The molecule has 2 N–H and O–H groups in total. The van der Waals surface area contributed by atoms with Crippen LogP contribution < -0.4 is 10.6 Å². The number of benzene rings is 2. The molecule has 0 radical (unpaired) electrons. The summed E-state index contributed by atoms with van der Waals surface area (Å²) in [5.41, 5.74) is 0.296. The number of carbonyl (C=O) groups excluding carboxylic acids is 2. The molecule has 0 saturated carbocycles. The minimum Gasteiger partial charge on any atom is -0.461 e. The Labute approximate surface area is 254 Å². The quantitative estimate of drug-likeness (QED) is 0.209. The molecule has 0 aliphatic rings.